The molecule has 6 aliphatic heterocycles. The number of aromatic amines is 2. The molecule has 2 N–H and O–H groups in total. The number of aromatic nitrogens is 16. The summed E-state index contributed by atoms with van der Waals surface area (Å²) in [6.07, 6.45) is 0. The Morgan fingerprint density at radius 2 is 0.412 bits per heavy atom. The summed E-state index contributed by atoms with van der Waals surface area (Å²) in [6.45, 7) is 0. The molecule has 0 saturated heterocycles. The van der Waals surface area contributed by atoms with E-state index in [-0.39, 0.29) is 23.6 Å². The normalized spacial score (nSPS) is 12.9. The molecule has 532 valence electrons. The molecule has 6 aromatic heterocycles. The van der Waals surface area contributed by atoms with Crippen LogP contribution in [0.1, 0.15) is 41.4 Å². The van der Waals surface area contributed by atoms with Gasteiger partial charge in [-0.3, -0.25) is 29.0 Å². The van der Waals surface area contributed by atoms with Crippen LogP contribution in [0.15, 0.2) is 243 Å². The standard InChI is InChI=1S/C32H18N8.C32H16N8.C26H14N2O4.O.Ti/c2*1-2-10-18-17(9-1)25-33-26(18)38-28-21-13-5-6-14-22(21)30(35-28)40-32-24-16-8-7-15-23(24)31(36-32)39-29-20-12-4-3-11-19(20)27(34-29)37-25;1-27-23(29)15-7-3-11-13-5-9-17-22-18(26(32)28(2)25(17)31)10-6-14(20(13)22)12-4-8-16(24(27)30)21(15)19(11)12;;/h1-16H,(H2,33,34,35,36,37,38,39,40);1-16H;3-10H,1-2H3;;/q;-2;;;+2. The van der Waals surface area contributed by atoms with Crippen molar-refractivity contribution in [3.8, 4) is 91.1 Å². The van der Waals surface area contributed by atoms with Gasteiger partial charge in [-0.15, -0.1) is 0 Å². The zero-order chi connectivity index (χ0) is 76.5. The molecule has 0 saturated carbocycles. The van der Waals surface area contributed by atoms with E-state index in [4.69, 9.17) is 73.1 Å². The molecule has 4 amide bonds. The summed E-state index contributed by atoms with van der Waals surface area (Å²) in [5.41, 5.74) is 14.2. The van der Waals surface area contributed by atoms with Crippen molar-refractivity contribution < 1.29 is 42.9 Å². The number of carbonyl (C=O) groups excluding carboxylic acids is 4. The van der Waals surface area contributed by atoms with E-state index in [9.17, 15) is 19.2 Å². The molecule has 24 heteroatoms. The van der Waals surface area contributed by atoms with Crippen LogP contribution < -0.4 is 9.97 Å². The number of carbonyl (C=O) groups is 4. The molecule has 13 aromatic carbocycles. The van der Waals surface area contributed by atoms with Gasteiger partial charge in [0.1, 0.15) is 22.6 Å². The predicted octanol–water partition coefficient (Wildman–Crippen LogP) is 17.1. The van der Waals surface area contributed by atoms with E-state index in [0.717, 1.165) is 150 Å². The van der Waals surface area contributed by atoms with Gasteiger partial charge >= 0.3 is 23.7 Å². The van der Waals surface area contributed by atoms with Crippen molar-refractivity contribution in [1.82, 2.24) is 89.5 Å². The largest absolute Gasteiger partial charge is 0.357 e. The predicted molar refractivity (Wildman–Crippen MR) is 431 cm³/mol. The Hall–Kier alpha value is -15.3. The zero-order valence-corrected chi connectivity index (χ0v) is 61.4. The molecule has 25 rings (SSSR count). The fraction of sp³-hybridized carbons (Fsp3) is 0.0222. The van der Waals surface area contributed by atoms with Crippen molar-refractivity contribution in [1.29, 1.82) is 0 Å². The van der Waals surface area contributed by atoms with Crippen LogP contribution in [-0.2, 0) is 23.7 Å². The van der Waals surface area contributed by atoms with Crippen LogP contribution >= 0.6 is 0 Å². The molecule has 0 spiro atoms. The Balaban J connectivity index is 0.000000104. The molecule has 0 unspecified atom stereocenters. The van der Waals surface area contributed by atoms with E-state index < -0.39 is 0 Å². The maximum atomic E-state index is 12.8. The van der Waals surface area contributed by atoms with Gasteiger partial charge in [0.25, 0.3) is 23.6 Å². The van der Waals surface area contributed by atoms with Crippen LogP contribution in [-0.4, -0.2) is 117 Å². The first kappa shape index (κ1) is 65.7. The van der Waals surface area contributed by atoms with Crippen LogP contribution in [0, 0.1) is 0 Å². The maximum Gasteiger partial charge on any atom is 0.164 e. The van der Waals surface area contributed by atoms with Gasteiger partial charge < -0.3 is 39.9 Å². The first-order chi connectivity index (χ1) is 56.0. The number of hydrogen-bond acceptors (Lipinski definition) is 17. The van der Waals surface area contributed by atoms with Gasteiger partial charge in [0.05, 0.1) is 23.3 Å². The number of hydrogen-bond donors (Lipinski definition) is 2. The number of amides is 4. The molecular formula is C90H48N18O5Ti. The van der Waals surface area contributed by atoms with Gasteiger partial charge in [-0.2, -0.15) is 0 Å². The summed E-state index contributed by atoms with van der Waals surface area (Å²) in [4.78, 5) is 130. The number of imide groups is 2. The second-order valence-electron chi connectivity index (χ2n) is 27.9. The summed E-state index contributed by atoms with van der Waals surface area (Å²) >= 11 is 0.750. The van der Waals surface area contributed by atoms with E-state index in [1.165, 1.54) is 14.1 Å². The second-order valence-corrected chi connectivity index (χ2v) is 27.9. The fourth-order valence-corrected chi connectivity index (χ4v) is 16.6. The number of nitrogens with zero attached hydrogens (tertiary/aromatic N) is 16. The summed E-state index contributed by atoms with van der Waals surface area (Å²) in [7, 11) is 2.99. The first-order valence-electron chi connectivity index (χ1n) is 36.3. The minimum Gasteiger partial charge on any atom is -0.357 e. The molecule has 16 bridgehead atoms. The summed E-state index contributed by atoms with van der Waals surface area (Å²) in [6, 6.07) is 78.7. The number of fused-ring (bicyclic) bond motifs is 42. The van der Waals surface area contributed by atoms with Crippen molar-refractivity contribution in [2.75, 3.05) is 14.1 Å². The first-order valence-corrected chi connectivity index (χ1v) is 37.0. The van der Waals surface area contributed by atoms with E-state index in [2.05, 4.69) is 9.97 Å². The second kappa shape index (κ2) is 25.1. The van der Waals surface area contributed by atoms with Crippen LogP contribution in [0.25, 0.3) is 222 Å². The quantitative estimate of drug-likeness (QED) is 0.0617. The van der Waals surface area contributed by atoms with E-state index in [1.54, 1.807) is 24.3 Å². The monoisotopic (exact) mass is 1510 g/mol. The van der Waals surface area contributed by atoms with Gasteiger partial charge in [0.2, 0.25) is 0 Å². The van der Waals surface area contributed by atoms with Crippen LogP contribution in [0.4, 0.5) is 0 Å². The average Bonchev–Trinajstić information content (AvgIpc) is 0.909. The Kier molecular flexibility index (Phi) is 14.5. The number of H-pyrrole nitrogens is 2. The Morgan fingerprint density at radius 3 is 0.632 bits per heavy atom. The van der Waals surface area contributed by atoms with Gasteiger partial charge in [0, 0.05) is 136 Å². The molecular weight excluding hydrogens is 1460 g/mol. The van der Waals surface area contributed by atoms with Crippen molar-refractivity contribution in [2.24, 2.45) is 0 Å². The minimum absolute atomic E-state index is 0.318. The van der Waals surface area contributed by atoms with Gasteiger partial charge in [-0.1, -0.05) is 218 Å². The molecule has 19 aromatic rings. The summed E-state index contributed by atoms with van der Waals surface area (Å²) < 4.78 is 8.25. The molecule has 114 heavy (non-hydrogen) atoms. The van der Waals surface area contributed by atoms with Gasteiger partial charge in [-0.25, -0.2) is 39.9 Å². The Bertz CT molecular complexity index is 6760. The molecule has 0 atom stereocenters. The van der Waals surface area contributed by atoms with E-state index in [0.29, 0.717) is 125 Å². The SMILES string of the molecule is CN1C(=O)c2ccc3c4ccc5c6c(ccc(c7ccc(c2c37)C1=O)c64)C(=O)N(C)C5=O.[O]=[Ti+2].c1ccc2c(c1)-c1nc-2nc2[n-]c(nc3nc(nc4[n-]c(n1)c1ccccc41)-c1ccccc1-3)c1ccccc21.c1ccc2c(c1)-c1nc-2nc2[nH]c(nc3nc(nc4[nH]c(n1)c1ccccc41)-c1ccccc1-3)c1ccccc21. The smallest absolute Gasteiger partial charge is 0.164 e. The Labute approximate surface area is 653 Å². The molecule has 6 aliphatic rings. The number of nitrogens with one attached hydrogen (secondary N) is 2. The van der Waals surface area contributed by atoms with Crippen molar-refractivity contribution in [2.45, 2.75) is 0 Å². The maximum absolute atomic E-state index is 12.8. The molecule has 0 aliphatic carbocycles. The number of benzene rings is 13. The van der Waals surface area contributed by atoms with Crippen LogP contribution in [0.2, 0.25) is 0 Å². The van der Waals surface area contributed by atoms with Gasteiger partial charge in [0.15, 0.2) is 23.3 Å². The van der Waals surface area contributed by atoms with Crippen molar-refractivity contribution in [3.05, 3.63) is 265 Å². The molecule has 23 nitrogen and oxygen atoms in total. The third kappa shape index (κ3) is 9.79. The van der Waals surface area contributed by atoms with Crippen molar-refractivity contribution >= 4 is 155 Å². The van der Waals surface area contributed by atoms with Gasteiger partial charge in [-0.05, 0) is 78.1 Å². The molecule has 0 fully saturated rings. The Morgan fingerprint density at radius 1 is 0.219 bits per heavy atom. The number of rotatable bonds is 0. The average molecular weight is 1510 g/mol. The summed E-state index contributed by atoms with van der Waals surface area (Å²) in [5, 5.41) is 14.0. The van der Waals surface area contributed by atoms with E-state index in [1.807, 2.05) is 218 Å². The third-order valence-electron chi connectivity index (χ3n) is 21.8. The minimum atomic E-state index is -0.318. The zero-order valence-electron chi connectivity index (χ0n) is 59.8. The van der Waals surface area contributed by atoms with Crippen LogP contribution in [0.3, 0.4) is 0 Å². The topological polar surface area (TPSA) is 306 Å². The fourth-order valence-electron chi connectivity index (χ4n) is 16.6. The molecule has 12 heterocycles. The summed E-state index contributed by atoms with van der Waals surface area (Å²) in [5.74, 6) is 3.32. The third-order valence-corrected chi connectivity index (χ3v) is 21.8. The van der Waals surface area contributed by atoms with E-state index >= 15 is 0 Å². The van der Waals surface area contributed by atoms with Crippen molar-refractivity contribution in [3.63, 3.8) is 0 Å². The molecule has 0 radical (unpaired) electrons. The van der Waals surface area contributed by atoms with Crippen LogP contribution in [0.5, 0.6) is 0 Å².